The SMILES string of the molecule is N#Cc1cc(F)ccc1NC1CCc2cc(O)ccc21. The van der Waals surface area contributed by atoms with Crippen LogP contribution in [-0.4, -0.2) is 5.11 Å². The Labute approximate surface area is 116 Å². The zero-order valence-corrected chi connectivity index (χ0v) is 10.7. The number of anilines is 1. The van der Waals surface area contributed by atoms with Crippen LogP contribution in [-0.2, 0) is 6.42 Å². The Morgan fingerprint density at radius 2 is 2.10 bits per heavy atom. The van der Waals surface area contributed by atoms with E-state index in [1.165, 1.54) is 12.1 Å². The average Bonchev–Trinajstić information content (AvgIpc) is 2.83. The highest BCUT2D eigenvalue weighted by Gasteiger charge is 2.23. The van der Waals surface area contributed by atoms with E-state index in [1.54, 1.807) is 18.2 Å². The van der Waals surface area contributed by atoms with Crippen molar-refractivity contribution in [2.45, 2.75) is 18.9 Å². The second-order valence-electron chi connectivity index (χ2n) is 4.92. The van der Waals surface area contributed by atoms with Gasteiger partial charge in [0.2, 0.25) is 0 Å². The molecule has 1 aliphatic carbocycles. The first-order chi connectivity index (χ1) is 9.67. The number of aromatic hydroxyl groups is 1. The van der Waals surface area contributed by atoms with Gasteiger partial charge in [0.1, 0.15) is 17.6 Å². The predicted molar refractivity (Wildman–Crippen MR) is 73.9 cm³/mol. The largest absolute Gasteiger partial charge is 0.508 e. The number of benzene rings is 2. The molecule has 0 radical (unpaired) electrons. The van der Waals surface area contributed by atoms with Gasteiger partial charge in [-0.25, -0.2) is 4.39 Å². The number of hydrogen-bond acceptors (Lipinski definition) is 3. The number of aryl methyl sites for hydroxylation is 1. The van der Waals surface area contributed by atoms with Gasteiger partial charge in [0.15, 0.2) is 0 Å². The Morgan fingerprint density at radius 3 is 2.90 bits per heavy atom. The van der Waals surface area contributed by atoms with Crippen molar-refractivity contribution in [1.82, 2.24) is 0 Å². The summed E-state index contributed by atoms with van der Waals surface area (Å²) in [5.74, 6) is -0.146. The highest BCUT2D eigenvalue weighted by molar-refractivity contribution is 5.59. The number of nitriles is 1. The van der Waals surface area contributed by atoms with Crippen molar-refractivity contribution in [1.29, 1.82) is 5.26 Å². The molecule has 2 N–H and O–H groups in total. The summed E-state index contributed by atoms with van der Waals surface area (Å²) in [5, 5.41) is 21.8. The van der Waals surface area contributed by atoms with Gasteiger partial charge < -0.3 is 10.4 Å². The molecule has 3 nitrogen and oxygen atoms in total. The standard InChI is InChI=1S/C16H13FN2O/c17-12-2-6-15(11(7-12)9-18)19-16-5-1-10-8-13(20)3-4-14(10)16/h2-4,6-8,16,19-20H,1,5H2. The van der Waals surface area contributed by atoms with Crippen LogP contribution in [0.25, 0.3) is 0 Å². The van der Waals surface area contributed by atoms with Crippen molar-refractivity contribution in [3.05, 3.63) is 58.9 Å². The van der Waals surface area contributed by atoms with E-state index >= 15 is 0 Å². The van der Waals surface area contributed by atoms with E-state index in [0.717, 1.165) is 24.0 Å². The lowest BCUT2D eigenvalue weighted by molar-refractivity contribution is 0.474. The second-order valence-corrected chi connectivity index (χ2v) is 4.92. The van der Waals surface area contributed by atoms with Gasteiger partial charge in [-0.15, -0.1) is 0 Å². The third kappa shape index (κ3) is 2.19. The molecule has 1 aliphatic rings. The van der Waals surface area contributed by atoms with Crippen LogP contribution in [0.4, 0.5) is 10.1 Å². The van der Waals surface area contributed by atoms with Crippen molar-refractivity contribution in [3.8, 4) is 11.8 Å². The minimum atomic E-state index is -0.413. The van der Waals surface area contributed by atoms with Crippen LogP contribution in [0.15, 0.2) is 36.4 Å². The van der Waals surface area contributed by atoms with Gasteiger partial charge in [-0.3, -0.25) is 0 Å². The Bertz CT molecular complexity index is 706. The minimum absolute atomic E-state index is 0.0863. The summed E-state index contributed by atoms with van der Waals surface area (Å²) in [6.07, 6.45) is 1.77. The van der Waals surface area contributed by atoms with Gasteiger partial charge in [0, 0.05) is 0 Å². The van der Waals surface area contributed by atoms with E-state index in [4.69, 9.17) is 5.26 Å². The summed E-state index contributed by atoms with van der Waals surface area (Å²) in [6, 6.07) is 11.6. The van der Waals surface area contributed by atoms with Crippen LogP contribution in [0.2, 0.25) is 0 Å². The molecule has 0 bridgehead atoms. The summed E-state index contributed by atoms with van der Waals surface area (Å²) in [4.78, 5) is 0. The molecule has 100 valence electrons. The van der Waals surface area contributed by atoms with Gasteiger partial charge in [-0.05, 0) is 54.3 Å². The Morgan fingerprint density at radius 1 is 1.25 bits per heavy atom. The van der Waals surface area contributed by atoms with E-state index in [2.05, 4.69) is 5.32 Å². The zero-order chi connectivity index (χ0) is 14.1. The Hall–Kier alpha value is -2.54. The van der Waals surface area contributed by atoms with Crippen LogP contribution >= 0.6 is 0 Å². The molecule has 0 heterocycles. The molecule has 2 aromatic carbocycles. The molecular formula is C16H13FN2O. The molecule has 0 aliphatic heterocycles. The van der Waals surface area contributed by atoms with Crippen molar-refractivity contribution in [3.63, 3.8) is 0 Å². The van der Waals surface area contributed by atoms with E-state index < -0.39 is 5.82 Å². The molecule has 0 aromatic heterocycles. The number of nitrogens with zero attached hydrogens (tertiary/aromatic N) is 1. The molecule has 0 amide bonds. The normalized spacial score (nSPS) is 16.5. The van der Waals surface area contributed by atoms with Gasteiger partial charge in [-0.2, -0.15) is 5.26 Å². The lowest BCUT2D eigenvalue weighted by Gasteiger charge is -2.16. The zero-order valence-electron chi connectivity index (χ0n) is 10.7. The molecule has 0 fully saturated rings. The third-order valence-corrected chi connectivity index (χ3v) is 3.64. The Kier molecular flexibility index (Phi) is 3.03. The van der Waals surface area contributed by atoms with E-state index in [-0.39, 0.29) is 11.8 Å². The monoisotopic (exact) mass is 268 g/mol. The smallest absolute Gasteiger partial charge is 0.124 e. The fraction of sp³-hybridized carbons (Fsp3) is 0.188. The topological polar surface area (TPSA) is 56.0 Å². The van der Waals surface area contributed by atoms with Crippen molar-refractivity contribution >= 4 is 5.69 Å². The van der Waals surface area contributed by atoms with Crippen LogP contribution in [0, 0.1) is 17.1 Å². The van der Waals surface area contributed by atoms with Crippen molar-refractivity contribution < 1.29 is 9.50 Å². The number of nitrogens with one attached hydrogen (secondary N) is 1. The summed E-state index contributed by atoms with van der Waals surface area (Å²) in [7, 11) is 0. The molecule has 1 atom stereocenters. The third-order valence-electron chi connectivity index (χ3n) is 3.64. The Balaban J connectivity index is 1.90. The maximum atomic E-state index is 13.1. The van der Waals surface area contributed by atoms with Crippen LogP contribution in [0.3, 0.4) is 0 Å². The lowest BCUT2D eigenvalue weighted by atomic mass is 10.1. The number of halogens is 1. The quantitative estimate of drug-likeness (QED) is 0.876. The first-order valence-electron chi connectivity index (χ1n) is 6.45. The summed E-state index contributed by atoms with van der Waals surface area (Å²) >= 11 is 0. The molecular weight excluding hydrogens is 255 g/mol. The van der Waals surface area contributed by atoms with Gasteiger partial charge >= 0.3 is 0 Å². The van der Waals surface area contributed by atoms with E-state index in [0.29, 0.717) is 11.3 Å². The maximum Gasteiger partial charge on any atom is 0.124 e. The predicted octanol–water partition coefficient (Wildman–Crippen LogP) is 3.50. The van der Waals surface area contributed by atoms with E-state index in [9.17, 15) is 9.50 Å². The molecule has 2 aromatic rings. The summed E-state index contributed by atoms with van der Waals surface area (Å²) in [5.41, 5.74) is 3.18. The molecule has 0 saturated heterocycles. The molecule has 1 unspecified atom stereocenters. The van der Waals surface area contributed by atoms with Gasteiger partial charge in [-0.1, -0.05) is 6.07 Å². The number of rotatable bonds is 2. The number of phenolic OH excluding ortho intramolecular Hbond substituents is 1. The van der Waals surface area contributed by atoms with Crippen LogP contribution < -0.4 is 5.32 Å². The molecule has 4 heteroatoms. The van der Waals surface area contributed by atoms with Crippen molar-refractivity contribution in [2.75, 3.05) is 5.32 Å². The fourth-order valence-electron chi connectivity index (χ4n) is 2.68. The summed E-state index contributed by atoms with van der Waals surface area (Å²) < 4.78 is 13.1. The van der Waals surface area contributed by atoms with Crippen LogP contribution in [0.1, 0.15) is 29.2 Å². The minimum Gasteiger partial charge on any atom is -0.508 e. The average molecular weight is 268 g/mol. The van der Waals surface area contributed by atoms with Crippen molar-refractivity contribution in [2.24, 2.45) is 0 Å². The highest BCUT2D eigenvalue weighted by atomic mass is 19.1. The number of fused-ring (bicyclic) bond motifs is 1. The first kappa shape index (κ1) is 12.5. The first-order valence-corrected chi connectivity index (χ1v) is 6.45. The maximum absolute atomic E-state index is 13.1. The highest BCUT2D eigenvalue weighted by Crippen LogP contribution is 2.36. The number of phenols is 1. The van der Waals surface area contributed by atoms with Gasteiger partial charge in [0.05, 0.1) is 17.3 Å². The van der Waals surface area contributed by atoms with Gasteiger partial charge in [0.25, 0.3) is 0 Å². The molecule has 20 heavy (non-hydrogen) atoms. The second kappa shape index (κ2) is 4.86. The summed E-state index contributed by atoms with van der Waals surface area (Å²) in [6.45, 7) is 0. The molecule has 0 spiro atoms. The number of hydrogen-bond donors (Lipinski definition) is 2. The molecule has 3 rings (SSSR count). The lowest BCUT2D eigenvalue weighted by Crippen LogP contribution is -2.08. The fourth-order valence-corrected chi connectivity index (χ4v) is 2.68. The van der Waals surface area contributed by atoms with E-state index in [1.807, 2.05) is 12.1 Å². The van der Waals surface area contributed by atoms with Crippen LogP contribution in [0.5, 0.6) is 5.75 Å². The molecule has 0 saturated carbocycles.